The second-order valence-electron chi connectivity index (χ2n) is 4.34. The summed E-state index contributed by atoms with van der Waals surface area (Å²) in [6.45, 7) is 5.55. The fourth-order valence-electron chi connectivity index (χ4n) is 1.81. The van der Waals surface area contributed by atoms with Crippen molar-refractivity contribution in [2.75, 3.05) is 39.8 Å². The number of rotatable bonds is 5. The minimum atomic E-state index is -0.0682. The smallest absolute Gasteiger partial charge is 0.224 e. The van der Waals surface area contributed by atoms with Gasteiger partial charge < -0.3 is 20.7 Å². The number of carbonyl (C=O) groups excluding carboxylic acids is 1. The van der Waals surface area contributed by atoms with Gasteiger partial charge >= 0.3 is 0 Å². The average Bonchev–Trinajstić information content (AvgIpc) is 2.28. The molecule has 1 aliphatic rings. The lowest BCUT2D eigenvalue weighted by Gasteiger charge is -2.30. The molecule has 16 heavy (non-hydrogen) atoms. The maximum Gasteiger partial charge on any atom is 0.224 e. The van der Waals surface area contributed by atoms with Gasteiger partial charge in [0.25, 0.3) is 0 Å². The second kappa shape index (κ2) is 6.83. The van der Waals surface area contributed by atoms with Crippen molar-refractivity contribution < 1.29 is 9.53 Å². The standard InChI is InChI=1S/C11H23N3O2/c1-3-9(6-12)11(15)13-7-10-8-14(2)4-5-16-10/h9-10H,3-8,12H2,1-2H3,(H,13,15). The van der Waals surface area contributed by atoms with Gasteiger partial charge in [0.1, 0.15) is 0 Å². The number of likely N-dealkylation sites (N-methyl/N-ethyl adjacent to an activating group) is 1. The van der Waals surface area contributed by atoms with Gasteiger partial charge in [-0.2, -0.15) is 0 Å². The van der Waals surface area contributed by atoms with Gasteiger partial charge in [-0.25, -0.2) is 0 Å². The summed E-state index contributed by atoms with van der Waals surface area (Å²) in [6, 6.07) is 0. The number of ether oxygens (including phenoxy) is 1. The number of carbonyl (C=O) groups is 1. The van der Waals surface area contributed by atoms with Crippen LogP contribution < -0.4 is 11.1 Å². The van der Waals surface area contributed by atoms with E-state index in [1.807, 2.05) is 6.92 Å². The molecule has 1 amide bonds. The molecule has 1 saturated heterocycles. The van der Waals surface area contributed by atoms with Gasteiger partial charge in [-0.05, 0) is 13.5 Å². The Morgan fingerprint density at radius 1 is 1.69 bits per heavy atom. The first-order valence-corrected chi connectivity index (χ1v) is 5.95. The fraction of sp³-hybridized carbons (Fsp3) is 0.909. The van der Waals surface area contributed by atoms with E-state index in [4.69, 9.17) is 10.5 Å². The molecule has 5 heteroatoms. The number of nitrogens with one attached hydrogen (secondary N) is 1. The van der Waals surface area contributed by atoms with E-state index in [2.05, 4.69) is 17.3 Å². The van der Waals surface area contributed by atoms with Crippen molar-refractivity contribution in [3.63, 3.8) is 0 Å². The predicted octanol–water partition coefficient (Wildman–Crippen LogP) is -0.582. The van der Waals surface area contributed by atoms with Crippen molar-refractivity contribution >= 4 is 5.91 Å². The van der Waals surface area contributed by atoms with E-state index in [-0.39, 0.29) is 17.9 Å². The molecule has 3 N–H and O–H groups in total. The highest BCUT2D eigenvalue weighted by molar-refractivity contribution is 5.78. The Hall–Kier alpha value is -0.650. The lowest BCUT2D eigenvalue weighted by Crippen LogP contribution is -2.47. The molecule has 1 heterocycles. The van der Waals surface area contributed by atoms with Crippen LogP contribution in [0.1, 0.15) is 13.3 Å². The third-order valence-corrected chi connectivity index (χ3v) is 2.99. The molecule has 0 spiro atoms. The first kappa shape index (κ1) is 13.4. The van der Waals surface area contributed by atoms with E-state index in [1.165, 1.54) is 0 Å². The van der Waals surface area contributed by atoms with E-state index in [0.717, 1.165) is 26.1 Å². The van der Waals surface area contributed by atoms with Gasteiger partial charge in [0.05, 0.1) is 12.7 Å². The molecular weight excluding hydrogens is 206 g/mol. The van der Waals surface area contributed by atoms with Crippen molar-refractivity contribution in [1.29, 1.82) is 0 Å². The molecular formula is C11H23N3O2. The Kier molecular flexibility index (Phi) is 5.73. The summed E-state index contributed by atoms with van der Waals surface area (Å²) in [5.41, 5.74) is 5.51. The van der Waals surface area contributed by atoms with E-state index in [1.54, 1.807) is 0 Å². The molecule has 0 aromatic rings. The third kappa shape index (κ3) is 4.08. The molecule has 0 radical (unpaired) electrons. The molecule has 2 unspecified atom stereocenters. The molecule has 2 atom stereocenters. The van der Waals surface area contributed by atoms with Crippen LogP contribution in [0.25, 0.3) is 0 Å². The Balaban J connectivity index is 2.25. The van der Waals surface area contributed by atoms with Crippen LogP contribution in [0.2, 0.25) is 0 Å². The third-order valence-electron chi connectivity index (χ3n) is 2.99. The summed E-state index contributed by atoms with van der Waals surface area (Å²) >= 11 is 0. The van der Waals surface area contributed by atoms with E-state index >= 15 is 0 Å². The summed E-state index contributed by atoms with van der Waals surface area (Å²) in [6.07, 6.45) is 0.895. The zero-order valence-corrected chi connectivity index (χ0v) is 10.2. The molecule has 5 nitrogen and oxygen atoms in total. The summed E-state index contributed by atoms with van der Waals surface area (Å²) in [5.74, 6) is -0.0249. The fourth-order valence-corrected chi connectivity index (χ4v) is 1.81. The number of hydrogen-bond donors (Lipinski definition) is 2. The Morgan fingerprint density at radius 3 is 3.00 bits per heavy atom. The molecule has 0 saturated carbocycles. The summed E-state index contributed by atoms with van der Waals surface area (Å²) in [5, 5.41) is 2.90. The number of nitrogens with zero attached hydrogens (tertiary/aromatic N) is 1. The number of amides is 1. The number of nitrogens with two attached hydrogens (primary N) is 1. The van der Waals surface area contributed by atoms with Crippen LogP contribution in [0.15, 0.2) is 0 Å². The molecule has 0 aromatic carbocycles. The van der Waals surface area contributed by atoms with Crippen molar-refractivity contribution in [3.8, 4) is 0 Å². The molecule has 1 aliphatic heterocycles. The minimum absolute atomic E-state index is 0.0434. The zero-order valence-electron chi connectivity index (χ0n) is 10.2. The van der Waals surface area contributed by atoms with Crippen molar-refractivity contribution in [2.24, 2.45) is 11.7 Å². The average molecular weight is 229 g/mol. The Morgan fingerprint density at radius 2 is 2.44 bits per heavy atom. The maximum atomic E-state index is 11.7. The van der Waals surface area contributed by atoms with Gasteiger partial charge in [-0.3, -0.25) is 4.79 Å². The van der Waals surface area contributed by atoms with Crippen LogP contribution in [0.5, 0.6) is 0 Å². The van der Waals surface area contributed by atoms with Crippen LogP contribution in [-0.4, -0.2) is 56.7 Å². The van der Waals surface area contributed by atoms with Crippen molar-refractivity contribution in [2.45, 2.75) is 19.4 Å². The molecule has 0 bridgehead atoms. The summed E-state index contributed by atoms with van der Waals surface area (Å²) in [4.78, 5) is 13.9. The van der Waals surface area contributed by atoms with Crippen LogP contribution in [0.3, 0.4) is 0 Å². The lowest BCUT2D eigenvalue weighted by molar-refractivity contribution is -0.125. The van der Waals surface area contributed by atoms with Crippen molar-refractivity contribution in [1.82, 2.24) is 10.2 Å². The van der Waals surface area contributed by atoms with Gasteiger partial charge in [-0.15, -0.1) is 0 Å². The Bertz CT molecular complexity index is 219. The lowest BCUT2D eigenvalue weighted by atomic mass is 10.1. The molecule has 94 valence electrons. The highest BCUT2D eigenvalue weighted by Gasteiger charge is 2.20. The number of morpholine rings is 1. The Labute approximate surface area is 97.3 Å². The van der Waals surface area contributed by atoms with E-state index in [0.29, 0.717) is 13.1 Å². The highest BCUT2D eigenvalue weighted by atomic mass is 16.5. The zero-order chi connectivity index (χ0) is 12.0. The second-order valence-corrected chi connectivity index (χ2v) is 4.34. The summed E-state index contributed by atoms with van der Waals surface area (Å²) < 4.78 is 5.56. The van der Waals surface area contributed by atoms with Crippen LogP contribution >= 0.6 is 0 Å². The van der Waals surface area contributed by atoms with E-state index in [9.17, 15) is 4.79 Å². The normalized spacial score (nSPS) is 24.1. The maximum absolute atomic E-state index is 11.7. The van der Waals surface area contributed by atoms with Gasteiger partial charge in [0, 0.05) is 32.1 Å². The minimum Gasteiger partial charge on any atom is -0.374 e. The van der Waals surface area contributed by atoms with Gasteiger partial charge in [0.2, 0.25) is 5.91 Å². The predicted molar refractivity (Wildman–Crippen MR) is 63.1 cm³/mol. The first-order valence-electron chi connectivity index (χ1n) is 5.95. The topological polar surface area (TPSA) is 67.6 Å². The largest absolute Gasteiger partial charge is 0.374 e. The monoisotopic (exact) mass is 229 g/mol. The molecule has 0 aliphatic carbocycles. The molecule has 0 aromatic heterocycles. The molecule has 1 rings (SSSR count). The van der Waals surface area contributed by atoms with Crippen LogP contribution in [0, 0.1) is 5.92 Å². The SMILES string of the molecule is CCC(CN)C(=O)NCC1CN(C)CCO1. The first-order chi connectivity index (χ1) is 7.67. The van der Waals surface area contributed by atoms with Crippen LogP contribution in [-0.2, 0) is 9.53 Å². The van der Waals surface area contributed by atoms with Gasteiger partial charge in [-0.1, -0.05) is 6.92 Å². The molecule has 1 fully saturated rings. The van der Waals surface area contributed by atoms with Gasteiger partial charge in [0.15, 0.2) is 0 Å². The number of hydrogen-bond acceptors (Lipinski definition) is 4. The quantitative estimate of drug-likeness (QED) is 0.662. The van der Waals surface area contributed by atoms with E-state index < -0.39 is 0 Å². The van der Waals surface area contributed by atoms with Crippen molar-refractivity contribution in [3.05, 3.63) is 0 Å². The summed E-state index contributed by atoms with van der Waals surface area (Å²) in [7, 11) is 2.06. The van der Waals surface area contributed by atoms with Crippen LogP contribution in [0.4, 0.5) is 0 Å². The highest BCUT2D eigenvalue weighted by Crippen LogP contribution is 2.03.